The molecular formula is C23H32F2IN5O. The largest absolute Gasteiger partial charge is 0.365 e. The summed E-state index contributed by atoms with van der Waals surface area (Å²) in [7, 11) is 0. The number of nitrogens with one attached hydrogen (secondary N) is 2. The van der Waals surface area contributed by atoms with Crippen LogP contribution in [-0.4, -0.2) is 42.7 Å². The predicted octanol–water partition coefficient (Wildman–Crippen LogP) is 3.67. The van der Waals surface area contributed by atoms with Crippen molar-refractivity contribution >= 4 is 35.6 Å². The predicted molar refractivity (Wildman–Crippen MR) is 136 cm³/mol. The van der Waals surface area contributed by atoms with E-state index in [2.05, 4.69) is 15.6 Å². The van der Waals surface area contributed by atoms with Gasteiger partial charge < -0.3 is 20.1 Å². The van der Waals surface area contributed by atoms with E-state index >= 15 is 0 Å². The number of aryl methyl sites for hydroxylation is 1. The van der Waals surface area contributed by atoms with Gasteiger partial charge in [-0.15, -0.1) is 24.0 Å². The van der Waals surface area contributed by atoms with Gasteiger partial charge in [-0.1, -0.05) is 12.1 Å². The Kier molecular flexibility index (Phi) is 10.4. The lowest BCUT2D eigenvalue weighted by Gasteiger charge is -2.21. The number of nitrogens with zero attached hydrogens (tertiary/aromatic N) is 3. The van der Waals surface area contributed by atoms with Crippen molar-refractivity contribution in [3.63, 3.8) is 0 Å². The van der Waals surface area contributed by atoms with E-state index in [0.717, 1.165) is 31.5 Å². The molecule has 1 unspecified atom stereocenters. The summed E-state index contributed by atoms with van der Waals surface area (Å²) < 4.78 is 29.9. The second-order valence-corrected chi connectivity index (χ2v) is 7.77. The van der Waals surface area contributed by atoms with Gasteiger partial charge >= 0.3 is 0 Å². The molecule has 1 aromatic carbocycles. The molecule has 0 aliphatic carbocycles. The first-order valence-electron chi connectivity index (χ1n) is 10.9. The fraction of sp³-hybridized carbons (Fsp3) is 0.478. The summed E-state index contributed by atoms with van der Waals surface area (Å²) in [5.41, 5.74) is 1.03. The Labute approximate surface area is 205 Å². The third-order valence-corrected chi connectivity index (χ3v) is 5.45. The van der Waals surface area contributed by atoms with Crippen LogP contribution in [0.4, 0.5) is 14.5 Å². The minimum absolute atomic E-state index is 0. The number of hydrogen-bond donors (Lipinski definition) is 2. The van der Waals surface area contributed by atoms with Crippen LogP contribution in [0.5, 0.6) is 0 Å². The first kappa shape index (κ1) is 26.1. The Hall–Kier alpha value is -2.17. The van der Waals surface area contributed by atoms with Crippen LogP contribution >= 0.6 is 24.0 Å². The van der Waals surface area contributed by atoms with Crippen LogP contribution in [0.25, 0.3) is 0 Å². The molecule has 32 heavy (non-hydrogen) atoms. The van der Waals surface area contributed by atoms with Crippen LogP contribution in [-0.2, 0) is 6.54 Å². The highest BCUT2D eigenvalue weighted by Gasteiger charge is 2.27. The molecule has 0 radical (unpaired) electrons. The second-order valence-electron chi connectivity index (χ2n) is 7.77. The minimum atomic E-state index is -0.533. The lowest BCUT2D eigenvalue weighted by atomic mass is 10.2. The number of aromatic nitrogens is 1. The van der Waals surface area contributed by atoms with E-state index in [9.17, 15) is 13.6 Å². The van der Waals surface area contributed by atoms with Crippen LogP contribution in [0.2, 0.25) is 0 Å². The normalized spacial score (nSPS) is 16.1. The fourth-order valence-electron chi connectivity index (χ4n) is 3.87. The molecule has 1 aromatic heterocycles. The van der Waals surface area contributed by atoms with Crippen LogP contribution in [0.3, 0.4) is 0 Å². The van der Waals surface area contributed by atoms with Crippen molar-refractivity contribution in [3.8, 4) is 0 Å². The molecule has 1 aliphatic rings. The number of guanidine groups is 1. The van der Waals surface area contributed by atoms with Gasteiger partial charge in [0.15, 0.2) is 5.96 Å². The van der Waals surface area contributed by atoms with E-state index in [1.807, 2.05) is 19.9 Å². The third-order valence-electron chi connectivity index (χ3n) is 5.45. The van der Waals surface area contributed by atoms with Gasteiger partial charge in [0.25, 0.3) is 5.56 Å². The van der Waals surface area contributed by atoms with Crippen LogP contribution in [0.15, 0.2) is 46.2 Å². The number of anilines is 1. The number of rotatable bonds is 8. The zero-order valence-electron chi connectivity index (χ0n) is 18.6. The average Bonchev–Trinajstić information content (AvgIpc) is 3.17. The quantitative estimate of drug-likeness (QED) is 0.225. The van der Waals surface area contributed by atoms with E-state index in [1.165, 1.54) is 18.2 Å². The summed E-state index contributed by atoms with van der Waals surface area (Å²) >= 11 is 0. The number of pyridine rings is 1. The Morgan fingerprint density at radius 1 is 1.16 bits per heavy atom. The number of para-hydroxylation sites is 1. The molecule has 176 valence electrons. The maximum absolute atomic E-state index is 14.1. The number of aliphatic imine (C=N–C) groups is 1. The van der Waals surface area contributed by atoms with Gasteiger partial charge in [-0.2, -0.15) is 0 Å². The van der Waals surface area contributed by atoms with E-state index < -0.39 is 11.6 Å². The van der Waals surface area contributed by atoms with Crippen LogP contribution < -0.4 is 21.1 Å². The van der Waals surface area contributed by atoms with Crippen molar-refractivity contribution in [2.45, 2.75) is 45.7 Å². The number of hydrogen-bond acceptors (Lipinski definition) is 3. The molecule has 0 amide bonds. The average molecular weight is 559 g/mol. The van der Waals surface area contributed by atoms with E-state index in [0.29, 0.717) is 32.1 Å². The highest BCUT2D eigenvalue weighted by Crippen LogP contribution is 2.26. The molecule has 1 fully saturated rings. The Bertz CT molecular complexity index is 945. The molecule has 0 saturated carbocycles. The molecule has 2 aromatic rings. The monoisotopic (exact) mass is 559 g/mol. The summed E-state index contributed by atoms with van der Waals surface area (Å²) in [5.74, 6) is -0.362. The van der Waals surface area contributed by atoms with Crippen LogP contribution in [0, 0.1) is 18.6 Å². The molecule has 1 aliphatic heterocycles. The maximum atomic E-state index is 14.1. The van der Waals surface area contributed by atoms with Crippen molar-refractivity contribution in [2.24, 2.45) is 4.99 Å². The molecule has 2 heterocycles. The first-order chi connectivity index (χ1) is 15.0. The summed E-state index contributed by atoms with van der Waals surface area (Å²) in [6.07, 6.45) is 2.49. The smallest absolute Gasteiger partial charge is 0.250 e. The number of benzene rings is 1. The molecule has 0 bridgehead atoms. The fourth-order valence-corrected chi connectivity index (χ4v) is 3.87. The molecule has 6 nitrogen and oxygen atoms in total. The van der Waals surface area contributed by atoms with Gasteiger partial charge in [0.2, 0.25) is 0 Å². The van der Waals surface area contributed by atoms with Gasteiger partial charge in [-0.05, 0) is 51.3 Å². The lowest BCUT2D eigenvalue weighted by Crippen LogP contribution is -2.44. The highest BCUT2D eigenvalue weighted by molar-refractivity contribution is 14.0. The zero-order chi connectivity index (χ0) is 22.2. The van der Waals surface area contributed by atoms with Gasteiger partial charge in [0, 0.05) is 50.5 Å². The SMILES string of the molecule is CCNC(=NCCCCn1c(C)cccc1=O)NC1CCN(c2c(F)cccc2F)C1.I. The third kappa shape index (κ3) is 6.91. The molecule has 2 N–H and O–H groups in total. The Morgan fingerprint density at radius 3 is 2.56 bits per heavy atom. The van der Waals surface area contributed by atoms with E-state index in [4.69, 9.17) is 0 Å². The van der Waals surface area contributed by atoms with Crippen molar-refractivity contribution in [2.75, 3.05) is 31.1 Å². The topological polar surface area (TPSA) is 61.7 Å². The molecule has 1 atom stereocenters. The van der Waals surface area contributed by atoms with Crippen LogP contribution in [0.1, 0.15) is 31.9 Å². The Morgan fingerprint density at radius 2 is 1.88 bits per heavy atom. The molecule has 9 heteroatoms. The zero-order valence-corrected chi connectivity index (χ0v) is 20.9. The highest BCUT2D eigenvalue weighted by atomic mass is 127. The minimum Gasteiger partial charge on any atom is -0.365 e. The standard InChI is InChI=1S/C23H31F2N5O.HI/c1-3-26-23(27-13-4-5-14-30-17(2)8-6-11-21(30)31)28-18-12-15-29(16-18)22-19(24)9-7-10-20(22)25;/h6-11,18H,3-5,12-16H2,1-2H3,(H2,26,27,28);1H. The first-order valence-corrected chi connectivity index (χ1v) is 10.9. The summed E-state index contributed by atoms with van der Waals surface area (Å²) in [4.78, 5) is 18.3. The second kappa shape index (κ2) is 12.8. The maximum Gasteiger partial charge on any atom is 0.250 e. The lowest BCUT2D eigenvalue weighted by molar-refractivity contribution is 0.575. The summed E-state index contributed by atoms with van der Waals surface area (Å²) in [5, 5.41) is 6.61. The van der Waals surface area contributed by atoms with Gasteiger partial charge in [0.05, 0.1) is 0 Å². The van der Waals surface area contributed by atoms with E-state index in [1.54, 1.807) is 21.6 Å². The number of halogens is 3. The number of unbranched alkanes of at least 4 members (excludes halogenated alkanes) is 1. The summed E-state index contributed by atoms with van der Waals surface area (Å²) in [6.45, 7) is 7.06. The molecule has 1 saturated heterocycles. The van der Waals surface area contributed by atoms with E-state index in [-0.39, 0.29) is 41.3 Å². The molecular weight excluding hydrogens is 527 g/mol. The summed E-state index contributed by atoms with van der Waals surface area (Å²) in [6, 6.07) is 9.30. The van der Waals surface area contributed by atoms with Crippen molar-refractivity contribution in [1.29, 1.82) is 0 Å². The van der Waals surface area contributed by atoms with Gasteiger partial charge in [-0.3, -0.25) is 9.79 Å². The van der Waals surface area contributed by atoms with Gasteiger partial charge in [0.1, 0.15) is 17.3 Å². The molecule has 3 rings (SSSR count). The van der Waals surface area contributed by atoms with Gasteiger partial charge in [-0.25, -0.2) is 8.78 Å². The molecule has 0 spiro atoms. The van der Waals surface area contributed by atoms with Crippen molar-refractivity contribution < 1.29 is 8.78 Å². The van der Waals surface area contributed by atoms with Crippen molar-refractivity contribution in [3.05, 3.63) is 64.1 Å². The van der Waals surface area contributed by atoms with Crippen molar-refractivity contribution in [1.82, 2.24) is 15.2 Å². The Balaban J connectivity index is 0.00000363.